The first-order valence-electron chi connectivity index (χ1n) is 9.67. The van der Waals surface area contributed by atoms with Gasteiger partial charge in [-0.2, -0.15) is 0 Å². The second kappa shape index (κ2) is 9.49. The number of rotatable bonds is 7. The lowest BCUT2D eigenvalue weighted by atomic mass is 9.96. The Kier molecular flexibility index (Phi) is 6.80. The van der Waals surface area contributed by atoms with E-state index in [1.165, 1.54) is 11.1 Å². The molecule has 2 aromatic carbocycles. The molecule has 4 heteroatoms. The summed E-state index contributed by atoms with van der Waals surface area (Å²) in [6.07, 6.45) is 1.72. The smallest absolute Gasteiger partial charge is 0.237 e. The molecule has 1 aliphatic rings. The van der Waals surface area contributed by atoms with Gasteiger partial charge in [0.15, 0.2) is 0 Å². The van der Waals surface area contributed by atoms with Gasteiger partial charge >= 0.3 is 0 Å². The molecule has 1 amide bonds. The van der Waals surface area contributed by atoms with Crippen molar-refractivity contribution in [1.82, 2.24) is 15.1 Å². The molecule has 1 atom stereocenters. The van der Waals surface area contributed by atoms with Gasteiger partial charge in [0, 0.05) is 32.7 Å². The molecule has 0 saturated carbocycles. The number of nitrogens with one attached hydrogen (secondary N) is 1. The Morgan fingerprint density at radius 2 is 1.44 bits per heavy atom. The Labute approximate surface area is 162 Å². The molecule has 0 bridgehead atoms. The monoisotopic (exact) mass is 363 g/mol. The molecular formula is C23H29N3O. The van der Waals surface area contributed by atoms with Gasteiger partial charge in [0.05, 0.1) is 12.1 Å². The van der Waals surface area contributed by atoms with Crippen molar-refractivity contribution >= 4 is 5.91 Å². The average Bonchev–Trinajstić information content (AvgIpc) is 2.74. The normalized spacial score (nSPS) is 16.8. The van der Waals surface area contributed by atoms with E-state index in [-0.39, 0.29) is 18.0 Å². The van der Waals surface area contributed by atoms with Crippen LogP contribution in [0, 0.1) is 0 Å². The summed E-state index contributed by atoms with van der Waals surface area (Å²) in [5, 5.41) is 2.90. The molecule has 27 heavy (non-hydrogen) atoms. The second-order valence-corrected chi connectivity index (χ2v) is 7.01. The zero-order chi connectivity index (χ0) is 19.1. The van der Waals surface area contributed by atoms with E-state index in [1.807, 2.05) is 6.92 Å². The molecule has 0 aliphatic carbocycles. The third-order valence-electron chi connectivity index (χ3n) is 5.29. The van der Waals surface area contributed by atoms with Crippen LogP contribution in [0.2, 0.25) is 0 Å². The van der Waals surface area contributed by atoms with Gasteiger partial charge in [0.1, 0.15) is 0 Å². The number of amides is 1. The van der Waals surface area contributed by atoms with Crippen LogP contribution in [0.4, 0.5) is 0 Å². The molecule has 0 aromatic heterocycles. The topological polar surface area (TPSA) is 35.6 Å². The van der Waals surface area contributed by atoms with E-state index >= 15 is 0 Å². The largest absolute Gasteiger partial charge is 0.351 e. The summed E-state index contributed by atoms with van der Waals surface area (Å²) in [7, 11) is 0. The van der Waals surface area contributed by atoms with Crippen LogP contribution in [0.1, 0.15) is 24.1 Å². The van der Waals surface area contributed by atoms with Crippen LogP contribution in [0.25, 0.3) is 0 Å². The Morgan fingerprint density at radius 1 is 0.963 bits per heavy atom. The molecule has 3 rings (SSSR count). The fraction of sp³-hybridized carbons (Fsp3) is 0.348. The van der Waals surface area contributed by atoms with Gasteiger partial charge in [-0.15, -0.1) is 6.58 Å². The third kappa shape index (κ3) is 4.85. The SMILES string of the molecule is C=CCNC(=O)C(C)N1CCN(C(c2ccccc2)c2ccccc2)CC1. The number of hydrogen-bond donors (Lipinski definition) is 1. The van der Waals surface area contributed by atoms with E-state index < -0.39 is 0 Å². The van der Waals surface area contributed by atoms with Crippen molar-refractivity contribution < 1.29 is 4.79 Å². The first-order valence-corrected chi connectivity index (χ1v) is 9.67. The Hall–Kier alpha value is -2.43. The van der Waals surface area contributed by atoms with Crippen LogP contribution in [-0.4, -0.2) is 54.5 Å². The summed E-state index contributed by atoms with van der Waals surface area (Å²) in [5.74, 6) is 0.0750. The van der Waals surface area contributed by atoms with Gasteiger partial charge in [-0.3, -0.25) is 14.6 Å². The van der Waals surface area contributed by atoms with Crippen molar-refractivity contribution in [3.8, 4) is 0 Å². The highest BCUT2D eigenvalue weighted by atomic mass is 16.2. The Balaban J connectivity index is 1.70. The summed E-state index contributed by atoms with van der Waals surface area (Å²) in [5.41, 5.74) is 2.63. The second-order valence-electron chi connectivity index (χ2n) is 7.01. The fourth-order valence-electron chi connectivity index (χ4n) is 3.75. The van der Waals surface area contributed by atoms with Gasteiger partial charge < -0.3 is 5.32 Å². The van der Waals surface area contributed by atoms with E-state index in [0.29, 0.717) is 6.54 Å². The zero-order valence-corrected chi connectivity index (χ0v) is 16.1. The molecule has 1 unspecified atom stereocenters. The maximum Gasteiger partial charge on any atom is 0.237 e. The summed E-state index contributed by atoms with van der Waals surface area (Å²) in [4.78, 5) is 17.0. The minimum absolute atomic E-state index is 0.0750. The summed E-state index contributed by atoms with van der Waals surface area (Å²) >= 11 is 0. The summed E-state index contributed by atoms with van der Waals surface area (Å²) in [6, 6.07) is 21.5. The standard InChI is InChI=1S/C23H29N3O/c1-3-14-24-23(27)19(2)25-15-17-26(18-16-25)22(20-10-6-4-7-11-20)21-12-8-5-9-13-21/h3-13,19,22H,1,14-18H2,2H3,(H,24,27). The molecule has 1 heterocycles. The quantitative estimate of drug-likeness (QED) is 0.768. The number of hydrogen-bond acceptors (Lipinski definition) is 3. The first kappa shape index (κ1) is 19.3. The number of piperazine rings is 1. The fourth-order valence-corrected chi connectivity index (χ4v) is 3.75. The Bertz CT molecular complexity index is 684. The molecule has 1 saturated heterocycles. The highest BCUT2D eigenvalue weighted by molar-refractivity contribution is 5.81. The molecule has 142 valence electrons. The van der Waals surface area contributed by atoms with Gasteiger partial charge in [-0.05, 0) is 18.1 Å². The maximum absolute atomic E-state index is 12.2. The van der Waals surface area contributed by atoms with E-state index in [9.17, 15) is 4.79 Å². The van der Waals surface area contributed by atoms with Gasteiger partial charge in [-0.25, -0.2) is 0 Å². The number of benzene rings is 2. The number of carbonyl (C=O) groups is 1. The summed E-state index contributed by atoms with van der Waals surface area (Å²) in [6.45, 7) is 9.82. The van der Waals surface area contributed by atoms with E-state index in [1.54, 1.807) is 6.08 Å². The predicted molar refractivity (Wildman–Crippen MR) is 111 cm³/mol. The number of nitrogens with zero attached hydrogens (tertiary/aromatic N) is 2. The Morgan fingerprint density at radius 3 is 1.93 bits per heavy atom. The first-order chi connectivity index (χ1) is 13.2. The average molecular weight is 364 g/mol. The lowest BCUT2D eigenvalue weighted by Crippen LogP contribution is -2.54. The molecule has 4 nitrogen and oxygen atoms in total. The van der Waals surface area contributed by atoms with Crippen LogP contribution < -0.4 is 5.32 Å². The van der Waals surface area contributed by atoms with Crippen LogP contribution in [0.15, 0.2) is 73.3 Å². The lowest BCUT2D eigenvalue weighted by Gasteiger charge is -2.41. The van der Waals surface area contributed by atoms with Crippen LogP contribution in [-0.2, 0) is 4.79 Å². The molecule has 1 N–H and O–H groups in total. The lowest BCUT2D eigenvalue weighted by molar-refractivity contribution is -0.126. The van der Waals surface area contributed by atoms with E-state index in [4.69, 9.17) is 0 Å². The van der Waals surface area contributed by atoms with Crippen molar-refractivity contribution in [2.75, 3.05) is 32.7 Å². The van der Waals surface area contributed by atoms with Crippen LogP contribution in [0.3, 0.4) is 0 Å². The summed E-state index contributed by atoms with van der Waals surface area (Å²) < 4.78 is 0. The molecule has 1 aliphatic heterocycles. The highest BCUT2D eigenvalue weighted by Gasteiger charge is 2.29. The van der Waals surface area contributed by atoms with Crippen molar-refractivity contribution in [3.05, 3.63) is 84.4 Å². The van der Waals surface area contributed by atoms with Crippen molar-refractivity contribution in [1.29, 1.82) is 0 Å². The van der Waals surface area contributed by atoms with Crippen LogP contribution in [0.5, 0.6) is 0 Å². The molecule has 0 spiro atoms. The van der Waals surface area contributed by atoms with Crippen molar-refractivity contribution in [3.63, 3.8) is 0 Å². The molecular weight excluding hydrogens is 334 g/mol. The van der Waals surface area contributed by atoms with Crippen LogP contribution >= 0.6 is 0 Å². The maximum atomic E-state index is 12.2. The van der Waals surface area contributed by atoms with E-state index in [2.05, 4.69) is 82.4 Å². The number of carbonyl (C=O) groups excluding carboxylic acids is 1. The minimum Gasteiger partial charge on any atom is -0.351 e. The minimum atomic E-state index is -0.112. The van der Waals surface area contributed by atoms with Crippen molar-refractivity contribution in [2.45, 2.75) is 19.0 Å². The van der Waals surface area contributed by atoms with Gasteiger partial charge in [0.2, 0.25) is 5.91 Å². The van der Waals surface area contributed by atoms with Crippen molar-refractivity contribution in [2.24, 2.45) is 0 Å². The predicted octanol–water partition coefficient (Wildman–Crippen LogP) is 3.08. The zero-order valence-electron chi connectivity index (χ0n) is 16.1. The molecule has 2 aromatic rings. The van der Waals surface area contributed by atoms with Gasteiger partial charge in [-0.1, -0.05) is 66.7 Å². The van der Waals surface area contributed by atoms with E-state index in [0.717, 1.165) is 26.2 Å². The highest BCUT2D eigenvalue weighted by Crippen LogP contribution is 2.29. The third-order valence-corrected chi connectivity index (χ3v) is 5.29. The van der Waals surface area contributed by atoms with Gasteiger partial charge in [0.25, 0.3) is 0 Å². The molecule has 1 fully saturated rings. The molecule has 0 radical (unpaired) electrons.